The van der Waals surface area contributed by atoms with Gasteiger partial charge in [0.15, 0.2) is 0 Å². The van der Waals surface area contributed by atoms with Crippen LogP contribution in [0.3, 0.4) is 0 Å². The van der Waals surface area contributed by atoms with Crippen LogP contribution >= 0.6 is 11.6 Å². The van der Waals surface area contributed by atoms with Gasteiger partial charge in [0.05, 0.1) is 5.69 Å². The van der Waals surface area contributed by atoms with E-state index in [2.05, 4.69) is 20.4 Å². The topological polar surface area (TPSA) is 55.6 Å². The van der Waals surface area contributed by atoms with Crippen molar-refractivity contribution in [1.82, 2.24) is 19.7 Å². The minimum absolute atomic E-state index is 0.221. The van der Waals surface area contributed by atoms with Crippen LogP contribution < -0.4 is 5.32 Å². The lowest BCUT2D eigenvalue weighted by Gasteiger charge is -2.04. The summed E-state index contributed by atoms with van der Waals surface area (Å²) in [5, 5.41) is 7.53. The maximum absolute atomic E-state index is 5.67. The van der Waals surface area contributed by atoms with Crippen LogP contribution in [0.4, 0.5) is 11.6 Å². The third-order valence-corrected chi connectivity index (χ3v) is 2.07. The molecule has 6 heteroatoms. The van der Waals surface area contributed by atoms with Gasteiger partial charge in [-0.05, 0) is 24.6 Å². The van der Waals surface area contributed by atoms with Crippen molar-refractivity contribution >= 4 is 23.2 Å². The molecule has 0 radical (unpaired) electrons. The molecule has 0 aliphatic carbocycles. The Hall–Kier alpha value is -1.62. The highest BCUT2D eigenvalue weighted by Gasteiger charge is 2.03. The molecule has 0 amide bonds. The molecule has 78 valence electrons. The molecule has 0 unspecified atom stereocenters. The fraction of sp³-hybridized carbons (Fsp3) is 0.222. The maximum atomic E-state index is 5.67. The van der Waals surface area contributed by atoms with E-state index in [1.165, 1.54) is 0 Å². The van der Waals surface area contributed by atoms with Gasteiger partial charge >= 0.3 is 0 Å². The average Bonchev–Trinajstić information content (AvgIpc) is 2.45. The molecule has 0 spiro atoms. The Morgan fingerprint density at radius 1 is 1.47 bits per heavy atom. The van der Waals surface area contributed by atoms with E-state index in [1.807, 2.05) is 20.0 Å². The third kappa shape index (κ3) is 2.24. The van der Waals surface area contributed by atoms with Crippen LogP contribution in [0.25, 0.3) is 0 Å². The van der Waals surface area contributed by atoms with Crippen molar-refractivity contribution in [2.45, 2.75) is 6.92 Å². The van der Waals surface area contributed by atoms with Crippen molar-refractivity contribution in [2.24, 2.45) is 7.05 Å². The molecule has 15 heavy (non-hydrogen) atoms. The first-order valence-electron chi connectivity index (χ1n) is 4.41. The zero-order valence-electron chi connectivity index (χ0n) is 8.40. The number of nitrogens with one attached hydrogen (secondary N) is 1. The molecule has 1 N–H and O–H groups in total. The Bertz CT molecular complexity index is 479. The van der Waals surface area contributed by atoms with Crippen LogP contribution in [0, 0.1) is 6.92 Å². The fourth-order valence-corrected chi connectivity index (χ4v) is 1.41. The van der Waals surface area contributed by atoms with Crippen LogP contribution in [-0.2, 0) is 7.05 Å². The highest BCUT2D eigenvalue weighted by atomic mass is 35.5. The summed E-state index contributed by atoms with van der Waals surface area (Å²) in [4.78, 5) is 7.82. The van der Waals surface area contributed by atoms with Gasteiger partial charge in [-0.1, -0.05) is 0 Å². The summed E-state index contributed by atoms with van der Waals surface area (Å²) in [5.74, 6) is 1.51. The van der Waals surface area contributed by atoms with Crippen molar-refractivity contribution in [3.63, 3.8) is 0 Å². The highest BCUT2D eigenvalue weighted by Crippen LogP contribution is 2.15. The number of hydrogen-bond acceptors (Lipinski definition) is 4. The summed E-state index contributed by atoms with van der Waals surface area (Å²) < 4.78 is 1.74. The van der Waals surface area contributed by atoms with Gasteiger partial charge in [0.1, 0.15) is 11.6 Å². The molecule has 5 nitrogen and oxygen atoms in total. The zero-order chi connectivity index (χ0) is 10.8. The Morgan fingerprint density at radius 3 is 2.87 bits per heavy atom. The van der Waals surface area contributed by atoms with E-state index in [9.17, 15) is 0 Å². The van der Waals surface area contributed by atoms with E-state index in [1.54, 1.807) is 16.9 Å². The summed E-state index contributed by atoms with van der Waals surface area (Å²) >= 11 is 5.67. The van der Waals surface area contributed by atoms with Gasteiger partial charge in [-0.15, -0.1) is 0 Å². The molecule has 0 saturated heterocycles. The lowest BCUT2D eigenvalue weighted by molar-refractivity contribution is 0.764. The predicted molar refractivity (Wildman–Crippen MR) is 58.3 cm³/mol. The largest absolute Gasteiger partial charge is 0.325 e. The number of hydrogen-bond donors (Lipinski definition) is 1. The second kappa shape index (κ2) is 3.86. The quantitative estimate of drug-likeness (QED) is 0.791. The Morgan fingerprint density at radius 2 is 2.27 bits per heavy atom. The first kappa shape index (κ1) is 9.92. The van der Waals surface area contributed by atoms with Crippen LogP contribution in [-0.4, -0.2) is 19.7 Å². The van der Waals surface area contributed by atoms with E-state index < -0.39 is 0 Å². The molecule has 0 fully saturated rings. The predicted octanol–water partition coefficient (Wildman–Crippen LogP) is 1.92. The SMILES string of the molecule is Cc1cc(Nc2ccnc(Cl)n2)n(C)n1. The summed E-state index contributed by atoms with van der Waals surface area (Å²) in [7, 11) is 1.86. The summed E-state index contributed by atoms with van der Waals surface area (Å²) in [6, 6.07) is 3.67. The second-order valence-corrected chi connectivity index (χ2v) is 3.47. The minimum atomic E-state index is 0.221. The van der Waals surface area contributed by atoms with Gasteiger partial charge in [0.2, 0.25) is 5.28 Å². The molecule has 0 aliphatic heterocycles. The fourth-order valence-electron chi connectivity index (χ4n) is 1.26. The number of halogens is 1. The maximum Gasteiger partial charge on any atom is 0.224 e. The van der Waals surface area contributed by atoms with Crippen LogP contribution in [0.15, 0.2) is 18.3 Å². The van der Waals surface area contributed by atoms with Gasteiger partial charge < -0.3 is 5.32 Å². The Labute approximate surface area is 92.1 Å². The molecular formula is C9H10ClN5. The second-order valence-electron chi connectivity index (χ2n) is 3.13. The monoisotopic (exact) mass is 223 g/mol. The highest BCUT2D eigenvalue weighted by molar-refractivity contribution is 6.28. The first-order valence-corrected chi connectivity index (χ1v) is 4.79. The van der Waals surface area contributed by atoms with E-state index in [0.29, 0.717) is 5.82 Å². The van der Waals surface area contributed by atoms with Gasteiger partial charge in [-0.25, -0.2) is 9.97 Å². The molecule has 2 aromatic heterocycles. The number of rotatable bonds is 2. The zero-order valence-corrected chi connectivity index (χ0v) is 9.15. The third-order valence-electron chi connectivity index (χ3n) is 1.88. The van der Waals surface area contributed by atoms with Crippen LogP contribution in [0.5, 0.6) is 0 Å². The molecule has 0 aliphatic rings. The van der Waals surface area contributed by atoms with Gasteiger partial charge in [-0.2, -0.15) is 5.10 Å². The molecule has 0 aromatic carbocycles. The lowest BCUT2D eigenvalue weighted by Crippen LogP contribution is -2.00. The van der Waals surface area contributed by atoms with Crippen molar-refractivity contribution < 1.29 is 0 Å². The molecule has 0 bridgehead atoms. The van der Waals surface area contributed by atoms with Gasteiger partial charge in [0, 0.05) is 19.3 Å². The molecule has 2 heterocycles. The molecule has 0 atom stereocenters. The summed E-state index contributed by atoms with van der Waals surface area (Å²) in [6.07, 6.45) is 1.60. The van der Waals surface area contributed by atoms with Crippen LogP contribution in [0.1, 0.15) is 5.69 Å². The molecule has 2 rings (SSSR count). The number of anilines is 2. The smallest absolute Gasteiger partial charge is 0.224 e. The van der Waals surface area contributed by atoms with E-state index >= 15 is 0 Å². The number of aromatic nitrogens is 4. The van der Waals surface area contributed by atoms with Crippen molar-refractivity contribution in [3.05, 3.63) is 29.3 Å². The van der Waals surface area contributed by atoms with Crippen LogP contribution in [0.2, 0.25) is 5.28 Å². The lowest BCUT2D eigenvalue weighted by atomic mass is 10.4. The van der Waals surface area contributed by atoms with Gasteiger partial charge in [-0.3, -0.25) is 4.68 Å². The van der Waals surface area contributed by atoms with Crippen molar-refractivity contribution in [3.8, 4) is 0 Å². The first-order chi connectivity index (χ1) is 7.15. The van der Waals surface area contributed by atoms with E-state index in [-0.39, 0.29) is 5.28 Å². The van der Waals surface area contributed by atoms with Gasteiger partial charge in [0.25, 0.3) is 0 Å². The number of aryl methyl sites for hydroxylation is 2. The average molecular weight is 224 g/mol. The number of nitrogens with zero attached hydrogens (tertiary/aromatic N) is 4. The Kier molecular flexibility index (Phi) is 2.55. The standard InChI is InChI=1S/C9H10ClN5/c1-6-5-8(15(2)14-6)12-7-3-4-11-9(10)13-7/h3-5H,1-2H3,(H,11,12,13). The summed E-state index contributed by atoms with van der Waals surface area (Å²) in [6.45, 7) is 1.93. The van der Waals surface area contributed by atoms with E-state index in [0.717, 1.165) is 11.5 Å². The molecule has 2 aromatic rings. The van der Waals surface area contributed by atoms with Crippen molar-refractivity contribution in [2.75, 3.05) is 5.32 Å². The molecule has 0 saturated carbocycles. The Balaban J connectivity index is 2.25. The molecular weight excluding hydrogens is 214 g/mol. The van der Waals surface area contributed by atoms with E-state index in [4.69, 9.17) is 11.6 Å². The minimum Gasteiger partial charge on any atom is -0.325 e. The normalized spacial score (nSPS) is 10.3. The summed E-state index contributed by atoms with van der Waals surface area (Å²) in [5.41, 5.74) is 0.945. The van der Waals surface area contributed by atoms with Crippen molar-refractivity contribution in [1.29, 1.82) is 0 Å².